The number of hydrogen-bond acceptors (Lipinski definition) is 6. The number of carbonyl (C=O) groups is 1. The van der Waals surface area contributed by atoms with Gasteiger partial charge in [0.1, 0.15) is 0 Å². The molecule has 0 aliphatic carbocycles. The molecule has 0 bridgehead atoms. The number of carbonyl (C=O) groups excluding carboxylic acids is 1. The Hall–Kier alpha value is -1.44. The number of nitrogens with zero attached hydrogens (tertiary/aromatic N) is 2. The molecule has 1 amide bonds. The van der Waals surface area contributed by atoms with Gasteiger partial charge in [0.15, 0.2) is 10.2 Å². The largest absolute Gasteiger partial charge is 0.376 e. The highest BCUT2D eigenvalue weighted by molar-refractivity contribution is 8.02. The number of benzene rings is 1. The topological polar surface area (TPSA) is 64.1 Å². The third kappa shape index (κ3) is 4.53. The fourth-order valence-corrected chi connectivity index (χ4v) is 4.12. The Morgan fingerprint density at radius 3 is 3.04 bits per heavy atom. The van der Waals surface area contributed by atoms with Gasteiger partial charge in [0.2, 0.25) is 5.91 Å². The molecule has 1 aromatic heterocycles. The molecule has 2 atom stereocenters. The van der Waals surface area contributed by atoms with E-state index in [1.165, 1.54) is 23.3 Å². The van der Waals surface area contributed by atoms with E-state index in [1.807, 2.05) is 37.3 Å². The van der Waals surface area contributed by atoms with Gasteiger partial charge in [-0.3, -0.25) is 4.79 Å². The minimum absolute atomic E-state index is 0.0157. The third-order valence-electron chi connectivity index (χ3n) is 3.61. The van der Waals surface area contributed by atoms with Gasteiger partial charge in [-0.25, -0.2) is 4.98 Å². The van der Waals surface area contributed by atoms with Gasteiger partial charge in [-0.1, -0.05) is 42.1 Å². The summed E-state index contributed by atoms with van der Waals surface area (Å²) in [7, 11) is 0. The molecule has 1 aliphatic heterocycles. The fourth-order valence-electron chi connectivity index (χ4n) is 2.33. The van der Waals surface area contributed by atoms with Gasteiger partial charge >= 0.3 is 0 Å². The van der Waals surface area contributed by atoms with E-state index in [2.05, 4.69) is 14.7 Å². The lowest BCUT2D eigenvalue weighted by atomic mass is 10.2. The molecule has 23 heavy (non-hydrogen) atoms. The van der Waals surface area contributed by atoms with E-state index in [4.69, 9.17) is 4.74 Å². The van der Waals surface area contributed by atoms with Crippen molar-refractivity contribution >= 4 is 29.2 Å². The Morgan fingerprint density at radius 2 is 2.30 bits per heavy atom. The summed E-state index contributed by atoms with van der Waals surface area (Å²) in [4.78, 5) is 16.7. The summed E-state index contributed by atoms with van der Waals surface area (Å²) in [5.74, 6) is 0.729. The zero-order valence-corrected chi connectivity index (χ0v) is 14.5. The Kier molecular flexibility index (Phi) is 5.64. The van der Waals surface area contributed by atoms with Crippen LogP contribution >= 0.6 is 23.3 Å². The van der Waals surface area contributed by atoms with Gasteiger partial charge in [0.05, 0.1) is 11.4 Å². The van der Waals surface area contributed by atoms with E-state index >= 15 is 0 Å². The lowest BCUT2D eigenvalue weighted by Crippen LogP contribution is -2.36. The minimum Gasteiger partial charge on any atom is -0.376 e. The molecule has 0 radical (unpaired) electrons. The second-order valence-corrected chi connectivity index (χ2v) is 7.73. The molecule has 122 valence electrons. The molecule has 0 unspecified atom stereocenters. The molecular weight excluding hydrogens is 330 g/mol. The molecule has 1 fully saturated rings. The van der Waals surface area contributed by atoms with Crippen LogP contribution in [-0.4, -0.2) is 39.8 Å². The number of hydrogen-bond donors (Lipinski definition) is 1. The van der Waals surface area contributed by atoms with Crippen molar-refractivity contribution in [3.8, 4) is 11.4 Å². The highest BCUT2D eigenvalue weighted by Gasteiger charge is 2.20. The van der Waals surface area contributed by atoms with Crippen LogP contribution < -0.4 is 5.32 Å². The maximum Gasteiger partial charge on any atom is 0.233 e. The van der Waals surface area contributed by atoms with E-state index in [0.717, 1.165) is 29.4 Å². The average molecular weight is 349 g/mol. The Bertz CT molecular complexity index is 642. The summed E-state index contributed by atoms with van der Waals surface area (Å²) >= 11 is 2.77. The number of amides is 1. The summed E-state index contributed by atoms with van der Waals surface area (Å²) in [6.07, 6.45) is 2.28. The predicted molar refractivity (Wildman–Crippen MR) is 92.6 cm³/mol. The molecule has 0 spiro atoms. The molecule has 2 heterocycles. The molecule has 1 aliphatic rings. The Labute approximate surface area is 144 Å². The first-order chi connectivity index (χ1) is 11.2. The number of ether oxygens (including phenoxy) is 1. The predicted octanol–water partition coefficient (Wildman–Crippen LogP) is 2.98. The Morgan fingerprint density at radius 1 is 1.48 bits per heavy atom. The molecule has 0 saturated carbocycles. The van der Waals surface area contributed by atoms with E-state index in [0.29, 0.717) is 12.4 Å². The standard InChI is InChI=1S/C16H19N3O2S2/c1-11(15(20)17-10-13-8-5-9-21-13)22-16-18-14(19-23-16)12-6-3-2-4-7-12/h2-4,6-7,11,13H,5,8-10H2,1H3,(H,17,20)/t11-,13-/m0/s1. The highest BCUT2D eigenvalue weighted by atomic mass is 32.2. The van der Waals surface area contributed by atoms with E-state index < -0.39 is 0 Å². The lowest BCUT2D eigenvalue weighted by Gasteiger charge is -2.13. The van der Waals surface area contributed by atoms with Crippen LogP contribution in [0.25, 0.3) is 11.4 Å². The van der Waals surface area contributed by atoms with Crippen molar-refractivity contribution in [1.29, 1.82) is 0 Å². The van der Waals surface area contributed by atoms with Crippen LogP contribution in [0, 0.1) is 0 Å². The first-order valence-electron chi connectivity index (χ1n) is 7.67. The fraction of sp³-hybridized carbons (Fsp3) is 0.438. The maximum absolute atomic E-state index is 12.1. The molecule has 3 rings (SSSR count). The molecular formula is C16H19N3O2S2. The van der Waals surface area contributed by atoms with Crippen molar-refractivity contribution in [3.05, 3.63) is 30.3 Å². The summed E-state index contributed by atoms with van der Waals surface area (Å²) in [5.41, 5.74) is 0.992. The third-order valence-corrected chi connectivity index (χ3v) is 5.50. The van der Waals surface area contributed by atoms with Gasteiger partial charge in [0.25, 0.3) is 0 Å². The SMILES string of the molecule is C[C@H](Sc1nc(-c2ccccc2)ns1)C(=O)NC[C@@H]1CCCO1. The van der Waals surface area contributed by atoms with Gasteiger partial charge in [-0.2, -0.15) is 4.37 Å². The van der Waals surface area contributed by atoms with Crippen LogP contribution in [0.3, 0.4) is 0 Å². The molecule has 1 N–H and O–H groups in total. The molecule has 5 nitrogen and oxygen atoms in total. The van der Waals surface area contributed by atoms with Crippen LogP contribution in [0.5, 0.6) is 0 Å². The van der Waals surface area contributed by atoms with E-state index in [1.54, 1.807) is 0 Å². The van der Waals surface area contributed by atoms with Gasteiger partial charge in [0, 0.05) is 18.7 Å². The summed E-state index contributed by atoms with van der Waals surface area (Å²) in [6, 6.07) is 9.85. The molecule has 1 aromatic carbocycles. The molecule has 2 aromatic rings. The van der Waals surface area contributed by atoms with Crippen molar-refractivity contribution in [2.75, 3.05) is 13.2 Å². The highest BCUT2D eigenvalue weighted by Crippen LogP contribution is 2.28. The summed E-state index contributed by atoms with van der Waals surface area (Å²) < 4.78 is 10.7. The second-order valence-electron chi connectivity index (χ2n) is 5.39. The van der Waals surface area contributed by atoms with E-state index in [-0.39, 0.29) is 17.3 Å². The van der Waals surface area contributed by atoms with Crippen LogP contribution in [-0.2, 0) is 9.53 Å². The summed E-state index contributed by atoms with van der Waals surface area (Å²) in [6.45, 7) is 3.28. The maximum atomic E-state index is 12.1. The van der Waals surface area contributed by atoms with E-state index in [9.17, 15) is 4.79 Å². The van der Waals surface area contributed by atoms with Crippen molar-refractivity contribution < 1.29 is 9.53 Å². The van der Waals surface area contributed by atoms with Crippen LogP contribution in [0.1, 0.15) is 19.8 Å². The smallest absolute Gasteiger partial charge is 0.233 e. The van der Waals surface area contributed by atoms with Gasteiger partial charge < -0.3 is 10.1 Å². The number of nitrogens with one attached hydrogen (secondary N) is 1. The average Bonchev–Trinajstić information content (AvgIpc) is 3.25. The van der Waals surface area contributed by atoms with Gasteiger partial charge in [-0.05, 0) is 31.3 Å². The van der Waals surface area contributed by atoms with Crippen molar-refractivity contribution in [3.63, 3.8) is 0 Å². The van der Waals surface area contributed by atoms with Gasteiger partial charge in [-0.15, -0.1) is 0 Å². The summed E-state index contributed by atoms with van der Waals surface area (Å²) in [5, 5.41) is 2.75. The minimum atomic E-state index is -0.201. The number of aromatic nitrogens is 2. The normalized spacial score (nSPS) is 18.7. The zero-order chi connectivity index (χ0) is 16.1. The molecule has 7 heteroatoms. The first-order valence-corrected chi connectivity index (χ1v) is 9.33. The van der Waals surface area contributed by atoms with Crippen molar-refractivity contribution in [2.24, 2.45) is 0 Å². The Balaban J connectivity index is 1.52. The van der Waals surface area contributed by atoms with Crippen LogP contribution in [0.4, 0.5) is 0 Å². The quantitative estimate of drug-likeness (QED) is 0.812. The number of thioether (sulfide) groups is 1. The second kappa shape index (κ2) is 7.90. The van der Waals surface area contributed by atoms with Crippen LogP contribution in [0.15, 0.2) is 34.7 Å². The zero-order valence-electron chi connectivity index (χ0n) is 12.9. The van der Waals surface area contributed by atoms with Crippen molar-refractivity contribution in [2.45, 2.75) is 35.5 Å². The first kappa shape index (κ1) is 16.4. The van der Waals surface area contributed by atoms with Crippen LogP contribution in [0.2, 0.25) is 0 Å². The number of rotatable bonds is 6. The monoisotopic (exact) mass is 349 g/mol. The lowest BCUT2D eigenvalue weighted by molar-refractivity contribution is -0.120. The molecule has 1 saturated heterocycles. The van der Waals surface area contributed by atoms with Crippen molar-refractivity contribution in [1.82, 2.24) is 14.7 Å².